The summed E-state index contributed by atoms with van der Waals surface area (Å²) in [6, 6.07) is 7.41. The van der Waals surface area contributed by atoms with Crippen LogP contribution in [0.1, 0.15) is 18.9 Å². The topological polar surface area (TPSA) is 50.4 Å². The molecule has 0 aliphatic heterocycles. The molecule has 0 saturated carbocycles. The number of amides is 2. The molecule has 0 saturated heterocycles. The van der Waals surface area contributed by atoms with E-state index in [0.717, 1.165) is 17.7 Å². The van der Waals surface area contributed by atoms with Crippen LogP contribution in [0.4, 0.5) is 4.79 Å². The molecule has 0 aliphatic carbocycles. The number of benzene rings is 1. The zero-order chi connectivity index (χ0) is 12.5. The maximum Gasteiger partial charge on any atom is 0.318 e. The summed E-state index contributed by atoms with van der Waals surface area (Å²) in [7, 11) is 1.62. The first-order valence-corrected chi connectivity index (χ1v) is 5.61. The summed E-state index contributed by atoms with van der Waals surface area (Å²) < 4.78 is 5.10. The number of methoxy groups -OCH3 is 1. The van der Waals surface area contributed by atoms with Gasteiger partial charge in [-0.15, -0.1) is 0 Å². The van der Waals surface area contributed by atoms with E-state index in [-0.39, 0.29) is 6.03 Å². The summed E-state index contributed by atoms with van der Waals surface area (Å²) in [4.78, 5) is 11.2. The quantitative estimate of drug-likeness (QED) is 0.821. The van der Waals surface area contributed by atoms with Gasteiger partial charge in [0.25, 0.3) is 0 Å². The van der Waals surface area contributed by atoms with Crippen molar-refractivity contribution < 1.29 is 9.53 Å². The molecule has 92 valence electrons. The fourth-order valence-electron chi connectivity index (χ4n) is 1.25. The van der Waals surface area contributed by atoms with Gasteiger partial charge in [-0.2, -0.15) is 0 Å². The Balaban J connectivity index is 2.44. The Labute approximate surface area is 102 Å². The van der Waals surface area contributed by atoms with Crippen LogP contribution < -0.4 is 15.4 Å². The normalized spacial score (nSPS) is 10.2. The number of carbonyl (C=O) groups is 1. The zero-order valence-corrected chi connectivity index (χ0v) is 10.2. The molecule has 0 heterocycles. The first kappa shape index (κ1) is 13.1. The van der Waals surface area contributed by atoms with Gasteiger partial charge in [0.2, 0.25) is 0 Å². The highest BCUT2D eigenvalue weighted by Crippen LogP contribution is 2.13. The molecule has 0 spiro atoms. The van der Waals surface area contributed by atoms with Crippen LogP contribution in [0.15, 0.2) is 30.5 Å². The van der Waals surface area contributed by atoms with E-state index in [2.05, 4.69) is 10.6 Å². The van der Waals surface area contributed by atoms with E-state index >= 15 is 0 Å². The Morgan fingerprint density at radius 2 is 2.29 bits per heavy atom. The van der Waals surface area contributed by atoms with Gasteiger partial charge in [-0.25, -0.2) is 4.79 Å². The molecule has 0 aromatic heterocycles. The van der Waals surface area contributed by atoms with Crippen molar-refractivity contribution in [3.8, 4) is 5.75 Å². The largest absolute Gasteiger partial charge is 0.497 e. The average Bonchev–Trinajstić information content (AvgIpc) is 2.36. The van der Waals surface area contributed by atoms with E-state index in [1.165, 1.54) is 0 Å². The van der Waals surface area contributed by atoms with Gasteiger partial charge < -0.3 is 15.4 Å². The molecule has 2 amide bonds. The van der Waals surface area contributed by atoms with E-state index in [4.69, 9.17) is 4.74 Å². The summed E-state index contributed by atoms with van der Waals surface area (Å²) in [5, 5.41) is 5.35. The van der Waals surface area contributed by atoms with Crippen molar-refractivity contribution in [2.75, 3.05) is 13.7 Å². The second-order valence-electron chi connectivity index (χ2n) is 3.51. The molecule has 1 rings (SSSR count). The predicted molar refractivity (Wildman–Crippen MR) is 68.9 cm³/mol. The minimum atomic E-state index is -0.189. The summed E-state index contributed by atoms with van der Waals surface area (Å²) >= 11 is 0. The maximum atomic E-state index is 11.2. The highest BCUT2D eigenvalue weighted by molar-refractivity contribution is 5.75. The standard InChI is InChI=1S/C13H18N2O2/c1-3-8-14-13(16)15-9-7-11-5-4-6-12(10-11)17-2/h4-7,9-10H,3,8H2,1-2H3,(H2,14,15,16)/b9-7+. The van der Waals surface area contributed by atoms with Gasteiger partial charge in [0, 0.05) is 12.7 Å². The molecule has 0 unspecified atom stereocenters. The van der Waals surface area contributed by atoms with E-state index in [1.807, 2.05) is 37.3 Å². The van der Waals surface area contributed by atoms with Crippen molar-refractivity contribution in [3.05, 3.63) is 36.0 Å². The lowest BCUT2D eigenvalue weighted by Gasteiger charge is -2.02. The van der Waals surface area contributed by atoms with Crippen LogP contribution in [0.3, 0.4) is 0 Å². The Bertz CT molecular complexity index is 389. The molecule has 1 aromatic carbocycles. The third-order valence-corrected chi connectivity index (χ3v) is 2.12. The van der Waals surface area contributed by atoms with Crippen molar-refractivity contribution in [2.45, 2.75) is 13.3 Å². The second-order valence-corrected chi connectivity index (χ2v) is 3.51. The van der Waals surface area contributed by atoms with Crippen LogP contribution in [0.25, 0.3) is 6.08 Å². The Kier molecular flexibility index (Phi) is 5.64. The molecule has 4 heteroatoms. The molecule has 0 fully saturated rings. The van der Waals surface area contributed by atoms with E-state index in [0.29, 0.717) is 6.54 Å². The molecule has 0 atom stereocenters. The maximum absolute atomic E-state index is 11.2. The number of rotatable bonds is 5. The molecule has 4 nitrogen and oxygen atoms in total. The van der Waals surface area contributed by atoms with E-state index in [9.17, 15) is 4.79 Å². The van der Waals surface area contributed by atoms with Crippen LogP contribution in [-0.4, -0.2) is 19.7 Å². The minimum Gasteiger partial charge on any atom is -0.497 e. The summed E-state index contributed by atoms with van der Waals surface area (Å²) in [5.41, 5.74) is 0.972. The number of nitrogens with one attached hydrogen (secondary N) is 2. The van der Waals surface area contributed by atoms with Gasteiger partial charge in [-0.05, 0) is 30.2 Å². The van der Waals surface area contributed by atoms with E-state index < -0.39 is 0 Å². The molecule has 1 aromatic rings. The third-order valence-electron chi connectivity index (χ3n) is 2.12. The lowest BCUT2D eigenvalue weighted by atomic mass is 10.2. The Morgan fingerprint density at radius 3 is 3.00 bits per heavy atom. The van der Waals surface area contributed by atoms with Gasteiger partial charge in [0.05, 0.1) is 7.11 Å². The molecule has 0 aliphatic rings. The van der Waals surface area contributed by atoms with Gasteiger partial charge in [0.15, 0.2) is 0 Å². The van der Waals surface area contributed by atoms with Crippen molar-refractivity contribution in [2.24, 2.45) is 0 Å². The number of hydrogen-bond donors (Lipinski definition) is 2. The number of hydrogen-bond acceptors (Lipinski definition) is 2. The molecule has 2 N–H and O–H groups in total. The molecule has 17 heavy (non-hydrogen) atoms. The van der Waals surface area contributed by atoms with Crippen LogP contribution in [0.2, 0.25) is 0 Å². The highest BCUT2D eigenvalue weighted by atomic mass is 16.5. The monoisotopic (exact) mass is 234 g/mol. The van der Waals surface area contributed by atoms with Crippen LogP contribution in [-0.2, 0) is 0 Å². The summed E-state index contributed by atoms with van der Waals surface area (Å²) in [5.74, 6) is 0.794. The third kappa shape index (κ3) is 5.06. The minimum absolute atomic E-state index is 0.189. The van der Waals surface area contributed by atoms with Gasteiger partial charge in [-0.1, -0.05) is 19.1 Å². The SMILES string of the molecule is CCCNC(=O)N/C=C/c1cccc(OC)c1. The van der Waals surface area contributed by atoms with E-state index in [1.54, 1.807) is 13.3 Å². The smallest absolute Gasteiger partial charge is 0.318 e. The van der Waals surface area contributed by atoms with Crippen LogP contribution in [0.5, 0.6) is 5.75 Å². The number of ether oxygens (including phenoxy) is 1. The average molecular weight is 234 g/mol. The first-order valence-electron chi connectivity index (χ1n) is 5.61. The van der Waals surface area contributed by atoms with Crippen molar-refractivity contribution in [1.82, 2.24) is 10.6 Å². The van der Waals surface area contributed by atoms with Gasteiger partial charge in [0.1, 0.15) is 5.75 Å². The lowest BCUT2D eigenvalue weighted by molar-refractivity contribution is 0.244. The second kappa shape index (κ2) is 7.33. The van der Waals surface area contributed by atoms with Gasteiger partial charge >= 0.3 is 6.03 Å². The van der Waals surface area contributed by atoms with Crippen LogP contribution in [0, 0.1) is 0 Å². The summed E-state index contributed by atoms with van der Waals surface area (Å²) in [6.45, 7) is 2.69. The molecular weight excluding hydrogens is 216 g/mol. The Morgan fingerprint density at radius 1 is 1.47 bits per heavy atom. The predicted octanol–water partition coefficient (Wildman–Crippen LogP) is 2.38. The van der Waals surface area contributed by atoms with Crippen LogP contribution >= 0.6 is 0 Å². The number of carbonyl (C=O) groups excluding carboxylic acids is 1. The lowest BCUT2D eigenvalue weighted by Crippen LogP contribution is -2.32. The fraction of sp³-hybridized carbons (Fsp3) is 0.308. The highest BCUT2D eigenvalue weighted by Gasteiger charge is 1.94. The summed E-state index contributed by atoms with van der Waals surface area (Å²) in [6.07, 6.45) is 4.35. The first-order chi connectivity index (χ1) is 8.26. The van der Waals surface area contributed by atoms with Crippen molar-refractivity contribution >= 4 is 12.1 Å². The Hall–Kier alpha value is -1.97. The van der Waals surface area contributed by atoms with Crippen molar-refractivity contribution in [3.63, 3.8) is 0 Å². The van der Waals surface area contributed by atoms with Crippen molar-refractivity contribution in [1.29, 1.82) is 0 Å². The van der Waals surface area contributed by atoms with Gasteiger partial charge in [-0.3, -0.25) is 0 Å². The molecule has 0 radical (unpaired) electrons. The molecular formula is C13H18N2O2. The fourth-order valence-corrected chi connectivity index (χ4v) is 1.25. The molecule has 0 bridgehead atoms. The zero-order valence-electron chi connectivity index (χ0n) is 10.2. The number of urea groups is 1.